The maximum Gasteiger partial charge on any atom is 0.228 e. The van der Waals surface area contributed by atoms with Crippen molar-refractivity contribution >= 4 is 7.37 Å². The number of rotatable bonds is 0. The van der Waals surface area contributed by atoms with Crippen LogP contribution in [0.5, 0.6) is 0 Å². The van der Waals surface area contributed by atoms with Crippen LogP contribution in [0.1, 0.15) is 12.8 Å². The van der Waals surface area contributed by atoms with Crippen molar-refractivity contribution in [3.8, 4) is 0 Å². The molecular weight excluding hydrogens is 127 g/mol. The van der Waals surface area contributed by atoms with Crippen molar-refractivity contribution in [1.82, 2.24) is 0 Å². The third-order valence-electron chi connectivity index (χ3n) is 1.41. The fourth-order valence-electron chi connectivity index (χ4n) is 0.851. The molecule has 2 N–H and O–H groups in total. The topological polar surface area (TPSA) is 57.5 Å². The fourth-order valence-corrected chi connectivity index (χ4v) is 2.37. The molecule has 0 aromatic carbocycles. The molecule has 1 fully saturated rings. The first-order valence-electron chi connectivity index (χ1n) is 2.62. The lowest BCUT2D eigenvalue weighted by Crippen LogP contribution is -1.98. The maximum atomic E-state index is 10.7. The molecule has 8 heavy (non-hydrogen) atoms. The van der Waals surface area contributed by atoms with E-state index < -0.39 is 13.2 Å². The second kappa shape index (κ2) is 1.83. The summed E-state index contributed by atoms with van der Waals surface area (Å²) in [4.78, 5) is 8.77. The van der Waals surface area contributed by atoms with Gasteiger partial charge in [0.1, 0.15) is 5.85 Å². The standard InChI is InChI=1S/C4H9O3P/c5-4-2-1-3-8(4,6)7/h4-5H,1-3H2,(H,6,7). The van der Waals surface area contributed by atoms with Crippen LogP contribution in [0.15, 0.2) is 0 Å². The number of aliphatic hydroxyl groups excluding tert-OH is 1. The number of aliphatic hydroxyl groups is 1. The molecule has 0 aliphatic carbocycles. The predicted molar refractivity (Wildman–Crippen MR) is 29.9 cm³/mol. The zero-order chi connectivity index (χ0) is 6.20. The molecule has 2 atom stereocenters. The molecule has 0 amide bonds. The molecule has 2 unspecified atom stereocenters. The first-order valence-corrected chi connectivity index (χ1v) is 4.54. The van der Waals surface area contributed by atoms with E-state index in [1.807, 2.05) is 0 Å². The van der Waals surface area contributed by atoms with Crippen LogP contribution in [-0.2, 0) is 4.57 Å². The average molecular weight is 136 g/mol. The van der Waals surface area contributed by atoms with Gasteiger partial charge in [0.15, 0.2) is 0 Å². The minimum absolute atomic E-state index is 0.300. The molecule has 0 bridgehead atoms. The Kier molecular flexibility index (Phi) is 1.44. The van der Waals surface area contributed by atoms with Gasteiger partial charge >= 0.3 is 0 Å². The Morgan fingerprint density at radius 3 is 2.38 bits per heavy atom. The van der Waals surface area contributed by atoms with Crippen LogP contribution in [-0.4, -0.2) is 22.0 Å². The van der Waals surface area contributed by atoms with E-state index in [1.54, 1.807) is 0 Å². The highest BCUT2D eigenvalue weighted by molar-refractivity contribution is 7.58. The maximum absolute atomic E-state index is 10.7. The SMILES string of the molecule is O=P1(O)CCCC1O. The zero-order valence-corrected chi connectivity index (χ0v) is 5.34. The van der Waals surface area contributed by atoms with Crippen molar-refractivity contribution in [2.45, 2.75) is 18.7 Å². The largest absolute Gasteiger partial charge is 0.383 e. The molecular formula is C4H9O3P. The van der Waals surface area contributed by atoms with E-state index in [2.05, 4.69) is 0 Å². The lowest BCUT2D eigenvalue weighted by Gasteiger charge is -2.05. The second-order valence-electron chi connectivity index (χ2n) is 2.10. The molecule has 1 heterocycles. The van der Waals surface area contributed by atoms with Crippen LogP contribution in [0.2, 0.25) is 0 Å². The predicted octanol–water partition coefficient (Wildman–Crippen LogP) is 0.369. The molecule has 1 rings (SSSR count). The molecule has 0 aromatic heterocycles. The summed E-state index contributed by atoms with van der Waals surface area (Å²) in [6.07, 6.45) is 1.48. The summed E-state index contributed by atoms with van der Waals surface area (Å²) >= 11 is 0. The Balaban J connectivity index is 2.69. The van der Waals surface area contributed by atoms with E-state index >= 15 is 0 Å². The van der Waals surface area contributed by atoms with Gasteiger partial charge in [0, 0.05) is 6.16 Å². The van der Waals surface area contributed by atoms with Crippen molar-refractivity contribution in [2.24, 2.45) is 0 Å². The van der Waals surface area contributed by atoms with Gasteiger partial charge in [0.05, 0.1) is 0 Å². The Morgan fingerprint density at radius 1 is 1.62 bits per heavy atom. The van der Waals surface area contributed by atoms with Gasteiger partial charge in [-0.25, -0.2) is 0 Å². The molecule has 0 spiro atoms. The third-order valence-corrected chi connectivity index (χ3v) is 3.55. The van der Waals surface area contributed by atoms with Crippen LogP contribution in [0.3, 0.4) is 0 Å². The van der Waals surface area contributed by atoms with Gasteiger partial charge < -0.3 is 10.00 Å². The Hall–Kier alpha value is 0.150. The lowest BCUT2D eigenvalue weighted by molar-refractivity contribution is 0.234. The minimum Gasteiger partial charge on any atom is -0.383 e. The zero-order valence-electron chi connectivity index (χ0n) is 4.45. The van der Waals surface area contributed by atoms with E-state index in [0.717, 1.165) is 0 Å². The summed E-state index contributed by atoms with van der Waals surface area (Å²) in [5.41, 5.74) is 0. The van der Waals surface area contributed by atoms with Crippen molar-refractivity contribution in [3.63, 3.8) is 0 Å². The van der Waals surface area contributed by atoms with Gasteiger partial charge in [-0.1, -0.05) is 0 Å². The van der Waals surface area contributed by atoms with Crippen LogP contribution in [0, 0.1) is 0 Å². The smallest absolute Gasteiger partial charge is 0.228 e. The summed E-state index contributed by atoms with van der Waals surface area (Å²) in [7, 11) is -3.08. The third kappa shape index (κ3) is 0.943. The van der Waals surface area contributed by atoms with Crippen molar-refractivity contribution in [3.05, 3.63) is 0 Å². The van der Waals surface area contributed by atoms with E-state index in [4.69, 9.17) is 10.00 Å². The van der Waals surface area contributed by atoms with Crippen molar-refractivity contribution in [1.29, 1.82) is 0 Å². The molecule has 1 aliphatic rings. The van der Waals surface area contributed by atoms with Gasteiger partial charge in [-0.15, -0.1) is 0 Å². The van der Waals surface area contributed by atoms with Crippen molar-refractivity contribution < 1.29 is 14.6 Å². The number of hydrogen-bond acceptors (Lipinski definition) is 2. The highest BCUT2D eigenvalue weighted by Crippen LogP contribution is 2.52. The summed E-state index contributed by atoms with van der Waals surface area (Å²) in [5, 5.41) is 8.74. The molecule has 1 saturated heterocycles. The number of hydrogen-bond donors (Lipinski definition) is 2. The quantitative estimate of drug-likeness (QED) is 0.473. The molecule has 1 aliphatic heterocycles. The Morgan fingerprint density at radius 2 is 2.25 bits per heavy atom. The van der Waals surface area contributed by atoms with Gasteiger partial charge in [-0.2, -0.15) is 0 Å². The van der Waals surface area contributed by atoms with Crippen molar-refractivity contribution in [2.75, 3.05) is 6.16 Å². The minimum atomic E-state index is -3.08. The molecule has 0 saturated carbocycles. The second-order valence-corrected chi connectivity index (χ2v) is 4.66. The van der Waals surface area contributed by atoms with E-state index in [-0.39, 0.29) is 0 Å². The lowest BCUT2D eigenvalue weighted by atomic mass is 10.4. The summed E-state index contributed by atoms with van der Waals surface area (Å²) < 4.78 is 10.7. The van der Waals surface area contributed by atoms with Crippen LogP contribution < -0.4 is 0 Å². The molecule has 3 nitrogen and oxygen atoms in total. The van der Waals surface area contributed by atoms with Gasteiger partial charge in [-0.05, 0) is 12.8 Å². The highest BCUT2D eigenvalue weighted by atomic mass is 31.2. The summed E-state index contributed by atoms with van der Waals surface area (Å²) in [5.74, 6) is -0.928. The van der Waals surface area contributed by atoms with E-state index in [0.29, 0.717) is 19.0 Å². The summed E-state index contributed by atoms with van der Waals surface area (Å²) in [6, 6.07) is 0. The van der Waals surface area contributed by atoms with Crippen LogP contribution in [0.4, 0.5) is 0 Å². The first kappa shape index (κ1) is 6.27. The van der Waals surface area contributed by atoms with Crippen LogP contribution >= 0.6 is 7.37 Å². The van der Waals surface area contributed by atoms with E-state index in [9.17, 15) is 4.57 Å². The monoisotopic (exact) mass is 136 g/mol. The highest BCUT2D eigenvalue weighted by Gasteiger charge is 2.33. The van der Waals surface area contributed by atoms with Gasteiger partial charge in [-0.3, -0.25) is 4.57 Å². The van der Waals surface area contributed by atoms with Gasteiger partial charge in [0.25, 0.3) is 0 Å². The first-order chi connectivity index (χ1) is 3.63. The molecule has 48 valence electrons. The average Bonchev–Trinajstić information content (AvgIpc) is 1.86. The van der Waals surface area contributed by atoms with Gasteiger partial charge in [0.2, 0.25) is 7.37 Å². The molecule has 0 radical (unpaired) electrons. The van der Waals surface area contributed by atoms with E-state index in [1.165, 1.54) is 0 Å². The Labute approximate surface area is 47.8 Å². The molecule has 4 heteroatoms. The summed E-state index contributed by atoms with van der Waals surface area (Å²) in [6.45, 7) is 0. The van der Waals surface area contributed by atoms with Crippen LogP contribution in [0.25, 0.3) is 0 Å². The normalized spacial score (nSPS) is 47.5. The Bertz CT molecular complexity index is 133. The molecule has 0 aromatic rings. The fraction of sp³-hybridized carbons (Fsp3) is 1.00.